The van der Waals surface area contributed by atoms with Crippen LogP contribution in [0.3, 0.4) is 0 Å². The highest BCUT2D eigenvalue weighted by Gasteiger charge is 2.26. The van der Waals surface area contributed by atoms with Crippen molar-refractivity contribution in [2.45, 2.75) is 65.8 Å². The normalized spacial score (nSPS) is 16.0. The lowest BCUT2D eigenvalue weighted by Crippen LogP contribution is -2.37. The number of allylic oxidation sites excluding steroid dienone is 1. The number of unbranched alkanes of at least 4 members (excludes halogenated alkanes) is 1. The molecule has 4 rings (SSSR count). The molecule has 1 amide bonds. The molecule has 8 heteroatoms. The standard InChI is InChI=1S/C25H31N5O2S.C2H6/c1-3-4-7-18(12-17-13-27-21-9-6-5-8-19(17)21)29-24(32)23-14-28-25(33-23)30-11-10-22(31)20(15-30)16(2)26;1-2/h5-6,8-9,13-14,18,27H,3-4,7,10-12,15,26H2,1-2H3,(H,29,32);1-2H3/b20-16-;. The first kappa shape index (κ1) is 26.5. The Hall–Kier alpha value is -3.13. The molecule has 188 valence electrons. The SMILES string of the molecule is CC.CCCCC(Cc1c[nH]c2ccccc12)NC(=O)c1cnc(N2CCC(=O)/C(=C(/C)N)C2)s1. The fraction of sp³-hybridized carbons (Fsp3) is 0.444. The molecule has 1 aliphatic rings. The lowest BCUT2D eigenvalue weighted by molar-refractivity contribution is -0.115. The Balaban J connectivity index is 0.00000167. The summed E-state index contributed by atoms with van der Waals surface area (Å²) in [7, 11) is 0. The van der Waals surface area contributed by atoms with Crippen LogP contribution in [0, 0.1) is 0 Å². The van der Waals surface area contributed by atoms with Gasteiger partial charge in [0, 0.05) is 47.4 Å². The Labute approximate surface area is 211 Å². The summed E-state index contributed by atoms with van der Waals surface area (Å²) in [6.07, 6.45) is 7.92. The van der Waals surface area contributed by atoms with Gasteiger partial charge < -0.3 is 20.9 Å². The van der Waals surface area contributed by atoms with E-state index in [1.165, 1.54) is 22.3 Å². The molecule has 0 saturated carbocycles. The number of hydrogen-bond donors (Lipinski definition) is 3. The van der Waals surface area contributed by atoms with Crippen LogP contribution in [0.4, 0.5) is 5.13 Å². The minimum Gasteiger partial charge on any atom is -0.402 e. The van der Waals surface area contributed by atoms with Crippen molar-refractivity contribution in [2.24, 2.45) is 5.73 Å². The monoisotopic (exact) mass is 495 g/mol. The number of carbonyl (C=O) groups excluding carboxylic acids is 2. The van der Waals surface area contributed by atoms with Gasteiger partial charge in [-0.2, -0.15) is 0 Å². The number of para-hydroxylation sites is 1. The number of fused-ring (bicyclic) bond motifs is 1. The van der Waals surface area contributed by atoms with E-state index >= 15 is 0 Å². The molecule has 0 bridgehead atoms. The number of benzene rings is 1. The molecule has 0 spiro atoms. The Kier molecular flexibility index (Phi) is 9.48. The van der Waals surface area contributed by atoms with E-state index in [4.69, 9.17) is 5.73 Å². The number of nitrogens with zero attached hydrogens (tertiary/aromatic N) is 2. The van der Waals surface area contributed by atoms with Crippen molar-refractivity contribution in [1.82, 2.24) is 15.3 Å². The minimum absolute atomic E-state index is 0.0456. The number of hydrogen-bond acceptors (Lipinski definition) is 6. The number of rotatable bonds is 8. The van der Waals surface area contributed by atoms with Gasteiger partial charge in [-0.05, 0) is 31.4 Å². The van der Waals surface area contributed by atoms with E-state index in [0.717, 1.165) is 36.3 Å². The van der Waals surface area contributed by atoms with Gasteiger partial charge in [-0.25, -0.2) is 4.98 Å². The van der Waals surface area contributed by atoms with Gasteiger partial charge in [-0.1, -0.05) is 63.1 Å². The van der Waals surface area contributed by atoms with Gasteiger partial charge in [0.2, 0.25) is 0 Å². The second-order valence-corrected chi connectivity index (χ2v) is 9.65. The second-order valence-electron chi connectivity index (χ2n) is 8.64. The minimum atomic E-state index is -0.0986. The van der Waals surface area contributed by atoms with Crippen LogP contribution in [0.1, 0.15) is 68.6 Å². The fourth-order valence-electron chi connectivity index (χ4n) is 4.27. The van der Waals surface area contributed by atoms with Crippen LogP contribution in [0.25, 0.3) is 10.9 Å². The summed E-state index contributed by atoms with van der Waals surface area (Å²) in [6.45, 7) is 8.94. The van der Waals surface area contributed by atoms with E-state index in [0.29, 0.717) is 35.7 Å². The number of aromatic nitrogens is 2. The molecular weight excluding hydrogens is 458 g/mol. The molecule has 1 atom stereocenters. The van der Waals surface area contributed by atoms with Crippen molar-refractivity contribution in [2.75, 3.05) is 18.0 Å². The fourth-order valence-corrected chi connectivity index (χ4v) is 5.11. The molecule has 1 saturated heterocycles. The first-order valence-electron chi connectivity index (χ1n) is 12.5. The Bertz CT molecular complexity index is 1180. The predicted octanol–water partition coefficient (Wildman–Crippen LogP) is 5.19. The topological polar surface area (TPSA) is 104 Å². The van der Waals surface area contributed by atoms with Crippen molar-refractivity contribution in [3.05, 3.63) is 58.4 Å². The van der Waals surface area contributed by atoms with Crippen LogP contribution in [0.2, 0.25) is 0 Å². The molecule has 7 nitrogen and oxygen atoms in total. The summed E-state index contributed by atoms with van der Waals surface area (Å²) in [6, 6.07) is 8.29. The summed E-state index contributed by atoms with van der Waals surface area (Å²) in [5.41, 5.74) is 9.40. The van der Waals surface area contributed by atoms with E-state index in [2.05, 4.69) is 34.3 Å². The smallest absolute Gasteiger partial charge is 0.263 e. The Morgan fingerprint density at radius 1 is 1.31 bits per heavy atom. The third-order valence-corrected chi connectivity index (χ3v) is 7.20. The van der Waals surface area contributed by atoms with Gasteiger partial charge in [-0.3, -0.25) is 9.59 Å². The summed E-state index contributed by atoms with van der Waals surface area (Å²) < 4.78 is 0. The molecule has 0 radical (unpaired) electrons. The number of piperidine rings is 1. The van der Waals surface area contributed by atoms with E-state index in [-0.39, 0.29) is 17.7 Å². The molecule has 3 aromatic rings. The molecule has 1 unspecified atom stereocenters. The van der Waals surface area contributed by atoms with Crippen LogP contribution >= 0.6 is 11.3 Å². The maximum atomic E-state index is 13.1. The van der Waals surface area contributed by atoms with Gasteiger partial charge in [0.1, 0.15) is 4.88 Å². The van der Waals surface area contributed by atoms with Crippen molar-refractivity contribution in [3.8, 4) is 0 Å². The molecule has 1 aromatic carbocycles. The molecule has 1 fully saturated rings. The van der Waals surface area contributed by atoms with Gasteiger partial charge in [-0.15, -0.1) is 0 Å². The second kappa shape index (κ2) is 12.5. The number of carbonyl (C=O) groups is 2. The largest absolute Gasteiger partial charge is 0.402 e. The number of amides is 1. The zero-order chi connectivity index (χ0) is 25.4. The maximum Gasteiger partial charge on any atom is 0.263 e. The summed E-state index contributed by atoms with van der Waals surface area (Å²) in [4.78, 5) is 35.6. The van der Waals surface area contributed by atoms with Crippen molar-refractivity contribution < 1.29 is 9.59 Å². The van der Waals surface area contributed by atoms with Crippen LogP contribution in [-0.2, 0) is 11.2 Å². The number of anilines is 1. The molecule has 2 aromatic heterocycles. The number of nitrogens with one attached hydrogen (secondary N) is 2. The Morgan fingerprint density at radius 2 is 2.09 bits per heavy atom. The van der Waals surface area contributed by atoms with E-state index in [1.807, 2.05) is 37.1 Å². The number of ketones is 1. The Morgan fingerprint density at radius 3 is 2.83 bits per heavy atom. The highest BCUT2D eigenvalue weighted by atomic mass is 32.1. The lowest BCUT2D eigenvalue weighted by Gasteiger charge is -2.27. The van der Waals surface area contributed by atoms with E-state index in [1.54, 1.807) is 13.1 Å². The van der Waals surface area contributed by atoms with Gasteiger partial charge in [0.15, 0.2) is 10.9 Å². The average molecular weight is 496 g/mol. The summed E-state index contributed by atoms with van der Waals surface area (Å²) in [5.74, 6) is -0.00429. The number of nitrogens with two attached hydrogens (primary N) is 1. The average Bonchev–Trinajstić information content (AvgIpc) is 3.52. The quantitative estimate of drug-likeness (QED) is 0.373. The van der Waals surface area contributed by atoms with Gasteiger partial charge >= 0.3 is 0 Å². The number of Topliss-reactive ketones (excluding diaryl/α,β-unsaturated/α-hetero) is 1. The third kappa shape index (κ3) is 6.51. The molecule has 4 N–H and O–H groups in total. The molecule has 1 aliphatic heterocycles. The maximum absolute atomic E-state index is 13.1. The number of H-pyrrole nitrogens is 1. The summed E-state index contributed by atoms with van der Waals surface area (Å²) in [5, 5.41) is 5.18. The van der Waals surface area contributed by atoms with E-state index in [9.17, 15) is 9.59 Å². The van der Waals surface area contributed by atoms with Crippen molar-refractivity contribution >= 4 is 39.1 Å². The van der Waals surface area contributed by atoms with Crippen LogP contribution < -0.4 is 16.0 Å². The first-order valence-corrected chi connectivity index (χ1v) is 13.3. The van der Waals surface area contributed by atoms with Crippen molar-refractivity contribution in [1.29, 1.82) is 0 Å². The molecule has 35 heavy (non-hydrogen) atoms. The lowest BCUT2D eigenvalue weighted by atomic mass is 10.0. The third-order valence-electron chi connectivity index (χ3n) is 6.14. The van der Waals surface area contributed by atoms with E-state index < -0.39 is 0 Å². The van der Waals surface area contributed by atoms with Crippen molar-refractivity contribution in [3.63, 3.8) is 0 Å². The first-order chi connectivity index (χ1) is 17.0. The number of thiazole rings is 1. The molecule has 3 heterocycles. The molecule has 0 aliphatic carbocycles. The predicted molar refractivity (Wildman–Crippen MR) is 145 cm³/mol. The van der Waals surface area contributed by atoms with Gasteiger partial charge in [0.05, 0.1) is 12.7 Å². The van der Waals surface area contributed by atoms with Gasteiger partial charge in [0.25, 0.3) is 5.91 Å². The highest BCUT2D eigenvalue weighted by molar-refractivity contribution is 7.17. The zero-order valence-electron chi connectivity index (χ0n) is 21.2. The zero-order valence-corrected chi connectivity index (χ0v) is 22.0. The van der Waals surface area contributed by atoms with Crippen LogP contribution in [-0.4, -0.2) is 40.8 Å². The van der Waals surface area contributed by atoms with Crippen LogP contribution in [0.15, 0.2) is 47.9 Å². The van der Waals surface area contributed by atoms with Crippen LogP contribution in [0.5, 0.6) is 0 Å². The molecular formula is C27H37N5O2S. The summed E-state index contributed by atoms with van der Waals surface area (Å²) >= 11 is 1.36. The number of aromatic amines is 1. The highest BCUT2D eigenvalue weighted by Crippen LogP contribution is 2.27.